The summed E-state index contributed by atoms with van der Waals surface area (Å²) in [6.45, 7) is 0. The molecule has 0 saturated carbocycles. The highest BCUT2D eigenvalue weighted by Gasteiger charge is 1.91. The second-order valence-corrected chi connectivity index (χ2v) is 2.37. The van der Waals surface area contributed by atoms with E-state index in [1.807, 2.05) is 12.1 Å². The van der Waals surface area contributed by atoms with E-state index in [0.717, 1.165) is 25.4 Å². The lowest BCUT2D eigenvalue weighted by atomic mass is 10.1. The Bertz CT molecular complexity index is 228. The molecule has 0 aliphatic heterocycles. The van der Waals surface area contributed by atoms with Gasteiger partial charge in [-0.3, -0.25) is 0 Å². The third-order valence-electron chi connectivity index (χ3n) is 1.49. The van der Waals surface area contributed by atoms with Crippen LogP contribution in [-0.2, 0) is 11.2 Å². The first-order valence-corrected chi connectivity index (χ1v) is 3.99. The van der Waals surface area contributed by atoms with Crippen molar-refractivity contribution in [1.29, 1.82) is 0 Å². The fourth-order valence-corrected chi connectivity index (χ4v) is 0.888. The van der Waals surface area contributed by atoms with Gasteiger partial charge in [0, 0.05) is 13.5 Å². The summed E-state index contributed by atoms with van der Waals surface area (Å²) in [5.74, 6) is 0.264. The lowest BCUT2D eigenvalue weighted by molar-refractivity contribution is -0.107. The number of aldehydes is 1. The van der Waals surface area contributed by atoms with Crippen molar-refractivity contribution in [1.82, 2.24) is 0 Å². The van der Waals surface area contributed by atoms with Crippen LogP contribution in [0.2, 0.25) is 0 Å². The highest BCUT2D eigenvalue weighted by atomic mass is 16.3. The summed E-state index contributed by atoms with van der Waals surface area (Å²) in [5.41, 5.74) is 1.08. The number of aromatic hydroxyl groups is 1. The zero-order valence-corrected chi connectivity index (χ0v) is 7.60. The predicted octanol–water partition coefficient (Wildman–Crippen LogP) is 1.13. The van der Waals surface area contributed by atoms with E-state index in [4.69, 9.17) is 10.2 Å². The molecular weight excluding hydrogens is 168 g/mol. The van der Waals surface area contributed by atoms with Gasteiger partial charge in [0.1, 0.15) is 12.0 Å². The number of hydrogen-bond donors (Lipinski definition) is 2. The molecule has 0 bridgehead atoms. The maximum atomic E-state index is 10.00. The molecule has 0 unspecified atom stereocenters. The molecule has 72 valence electrons. The van der Waals surface area contributed by atoms with Crippen molar-refractivity contribution in [2.45, 2.75) is 12.8 Å². The van der Waals surface area contributed by atoms with Crippen molar-refractivity contribution in [3.63, 3.8) is 0 Å². The fraction of sp³-hybridized carbons (Fsp3) is 0.300. The van der Waals surface area contributed by atoms with Gasteiger partial charge in [0.25, 0.3) is 0 Å². The number of carbonyl (C=O) groups excluding carboxylic acids is 1. The van der Waals surface area contributed by atoms with E-state index in [1.54, 1.807) is 12.1 Å². The van der Waals surface area contributed by atoms with Gasteiger partial charge in [-0.05, 0) is 24.1 Å². The Balaban J connectivity index is 0.000000671. The maximum Gasteiger partial charge on any atom is 0.120 e. The molecule has 0 aliphatic carbocycles. The molecule has 1 rings (SSSR count). The summed E-state index contributed by atoms with van der Waals surface area (Å²) in [6.07, 6.45) is 2.20. The highest BCUT2D eigenvalue weighted by Crippen LogP contribution is 2.10. The minimum atomic E-state index is 0.264. The van der Waals surface area contributed by atoms with E-state index in [1.165, 1.54) is 0 Å². The van der Waals surface area contributed by atoms with Crippen molar-refractivity contribution in [2.75, 3.05) is 7.11 Å². The number of carbonyl (C=O) groups is 1. The molecule has 2 N–H and O–H groups in total. The molecule has 0 aliphatic rings. The number of phenolic OH excluding ortho intramolecular Hbond substituents is 1. The molecule has 1 aromatic carbocycles. The second-order valence-electron chi connectivity index (χ2n) is 2.37. The van der Waals surface area contributed by atoms with Gasteiger partial charge in [-0.2, -0.15) is 0 Å². The van der Waals surface area contributed by atoms with E-state index in [0.29, 0.717) is 6.42 Å². The van der Waals surface area contributed by atoms with Crippen LogP contribution in [0.4, 0.5) is 0 Å². The van der Waals surface area contributed by atoms with Crippen LogP contribution in [-0.4, -0.2) is 23.6 Å². The summed E-state index contributed by atoms with van der Waals surface area (Å²) < 4.78 is 0. The zero-order valence-electron chi connectivity index (χ0n) is 7.60. The predicted molar refractivity (Wildman–Crippen MR) is 50.6 cm³/mol. The van der Waals surface area contributed by atoms with Crippen LogP contribution in [0.3, 0.4) is 0 Å². The Morgan fingerprint density at radius 2 is 1.77 bits per heavy atom. The van der Waals surface area contributed by atoms with E-state index in [2.05, 4.69) is 0 Å². The minimum absolute atomic E-state index is 0.264. The molecule has 13 heavy (non-hydrogen) atoms. The number of aliphatic hydroxyl groups is 1. The van der Waals surface area contributed by atoms with Crippen LogP contribution in [0.15, 0.2) is 24.3 Å². The van der Waals surface area contributed by atoms with E-state index in [9.17, 15) is 4.79 Å². The number of rotatable bonds is 3. The second kappa shape index (κ2) is 7.31. The van der Waals surface area contributed by atoms with Gasteiger partial charge in [0.15, 0.2) is 0 Å². The quantitative estimate of drug-likeness (QED) is 0.689. The summed E-state index contributed by atoms with van der Waals surface area (Å²) in [5, 5.41) is 15.9. The number of hydrogen-bond acceptors (Lipinski definition) is 3. The van der Waals surface area contributed by atoms with Crippen LogP contribution in [0.1, 0.15) is 12.0 Å². The molecule has 0 aromatic heterocycles. The lowest BCUT2D eigenvalue weighted by Crippen LogP contribution is -1.84. The van der Waals surface area contributed by atoms with Gasteiger partial charge in [-0.15, -0.1) is 0 Å². The maximum absolute atomic E-state index is 10.00. The van der Waals surface area contributed by atoms with Crippen LogP contribution >= 0.6 is 0 Å². The third-order valence-corrected chi connectivity index (χ3v) is 1.49. The average molecular weight is 182 g/mol. The van der Waals surface area contributed by atoms with E-state index < -0.39 is 0 Å². The van der Waals surface area contributed by atoms with Gasteiger partial charge in [-0.25, -0.2) is 0 Å². The van der Waals surface area contributed by atoms with E-state index >= 15 is 0 Å². The van der Waals surface area contributed by atoms with Gasteiger partial charge in [-0.1, -0.05) is 12.1 Å². The number of benzene rings is 1. The summed E-state index contributed by atoms with van der Waals surface area (Å²) in [4.78, 5) is 10.00. The zero-order chi connectivity index (χ0) is 10.1. The molecule has 3 heteroatoms. The molecule has 0 saturated heterocycles. The van der Waals surface area contributed by atoms with Crippen LogP contribution < -0.4 is 0 Å². The minimum Gasteiger partial charge on any atom is -0.508 e. The molecule has 0 atom stereocenters. The first-order chi connectivity index (χ1) is 6.33. The van der Waals surface area contributed by atoms with Gasteiger partial charge in [0.05, 0.1) is 0 Å². The Hall–Kier alpha value is -1.35. The number of phenols is 1. The van der Waals surface area contributed by atoms with Crippen molar-refractivity contribution < 1.29 is 15.0 Å². The molecule has 1 aromatic rings. The number of aryl methyl sites for hydroxylation is 1. The smallest absolute Gasteiger partial charge is 0.120 e. The topological polar surface area (TPSA) is 57.5 Å². The average Bonchev–Trinajstić information content (AvgIpc) is 2.20. The molecule has 0 amide bonds. The normalized spacial score (nSPS) is 8.46. The molecule has 0 radical (unpaired) electrons. The summed E-state index contributed by atoms with van der Waals surface area (Å²) in [6, 6.07) is 6.89. The Morgan fingerprint density at radius 3 is 2.23 bits per heavy atom. The molecule has 0 spiro atoms. The summed E-state index contributed by atoms with van der Waals surface area (Å²) >= 11 is 0. The largest absolute Gasteiger partial charge is 0.508 e. The molecule has 0 heterocycles. The lowest BCUT2D eigenvalue weighted by Gasteiger charge is -1.96. The third kappa shape index (κ3) is 4.98. The standard InChI is InChI=1S/C9H10O2.CH4O/c10-7-1-2-8-3-5-9(11)6-4-8;1-2/h3-7,11H,1-2H2;2H,1H3. The van der Waals surface area contributed by atoms with Crippen LogP contribution in [0, 0.1) is 0 Å². The van der Waals surface area contributed by atoms with Gasteiger partial charge >= 0.3 is 0 Å². The summed E-state index contributed by atoms with van der Waals surface area (Å²) in [7, 11) is 1.00. The first kappa shape index (κ1) is 11.6. The van der Waals surface area contributed by atoms with Crippen LogP contribution in [0.25, 0.3) is 0 Å². The van der Waals surface area contributed by atoms with E-state index in [-0.39, 0.29) is 5.75 Å². The fourth-order valence-electron chi connectivity index (χ4n) is 0.888. The Morgan fingerprint density at radius 1 is 1.23 bits per heavy atom. The van der Waals surface area contributed by atoms with Crippen molar-refractivity contribution in [3.8, 4) is 5.75 Å². The van der Waals surface area contributed by atoms with Crippen molar-refractivity contribution in [2.24, 2.45) is 0 Å². The molecular formula is C10H14O3. The Labute approximate surface area is 77.6 Å². The number of aliphatic hydroxyl groups excluding tert-OH is 1. The molecule has 3 nitrogen and oxygen atoms in total. The van der Waals surface area contributed by atoms with Crippen molar-refractivity contribution in [3.05, 3.63) is 29.8 Å². The molecule has 0 fully saturated rings. The SMILES string of the molecule is CO.O=CCCc1ccc(O)cc1. The van der Waals surface area contributed by atoms with Gasteiger partial charge < -0.3 is 15.0 Å². The van der Waals surface area contributed by atoms with Gasteiger partial charge in [0.2, 0.25) is 0 Å². The highest BCUT2D eigenvalue weighted by molar-refractivity contribution is 5.50. The first-order valence-electron chi connectivity index (χ1n) is 3.99. The monoisotopic (exact) mass is 182 g/mol. The van der Waals surface area contributed by atoms with Crippen LogP contribution in [0.5, 0.6) is 5.75 Å². The Kier molecular flexibility index (Phi) is 6.55. The van der Waals surface area contributed by atoms with Crippen molar-refractivity contribution >= 4 is 6.29 Å².